The zero-order chi connectivity index (χ0) is 9.84. The summed E-state index contributed by atoms with van der Waals surface area (Å²) >= 11 is 0. The molecule has 1 unspecified atom stereocenters. The summed E-state index contributed by atoms with van der Waals surface area (Å²) < 4.78 is 0. The van der Waals surface area contributed by atoms with E-state index in [0.29, 0.717) is 19.0 Å². The van der Waals surface area contributed by atoms with Gasteiger partial charge in [-0.25, -0.2) is 5.43 Å². The Morgan fingerprint density at radius 2 is 2.43 bits per heavy atom. The Morgan fingerprint density at radius 1 is 1.79 bits per heavy atom. The van der Waals surface area contributed by atoms with Gasteiger partial charge in [0.25, 0.3) is 0 Å². The number of nitrogens with zero attached hydrogens (tertiary/aromatic N) is 2. The van der Waals surface area contributed by atoms with Gasteiger partial charge in [0.05, 0.1) is 12.5 Å². The van der Waals surface area contributed by atoms with Gasteiger partial charge in [-0.3, -0.25) is 14.8 Å². The second-order valence-corrected chi connectivity index (χ2v) is 2.92. The van der Waals surface area contributed by atoms with E-state index in [0.717, 1.165) is 0 Å². The minimum atomic E-state index is -0.121. The molecule has 0 saturated carbocycles. The number of nitrogens with one attached hydrogen (secondary N) is 2. The Hall–Kier alpha value is -1.01. The van der Waals surface area contributed by atoms with Crippen LogP contribution in [0, 0.1) is 5.92 Å². The first-order valence-electron chi connectivity index (χ1n) is 4.14. The molecular weight excluding hydrogens is 206 g/mol. The minimum Gasteiger partial charge on any atom is -0.370 e. The number of carbonyl (C=O) groups is 1. The highest BCUT2D eigenvalue weighted by Crippen LogP contribution is 2.02. The molecule has 0 saturated heterocycles. The lowest BCUT2D eigenvalue weighted by Gasteiger charge is -2.24. The number of halogens is 1. The van der Waals surface area contributed by atoms with Crippen molar-refractivity contribution >= 4 is 24.3 Å². The van der Waals surface area contributed by atoms with E-state index in [1.165, 1.54) is 5.01 Å². The van der Waals surface area contributed by atoms with E-state index in [1.54, 1.807) is 14.1 Å². The fourth-order valence-corrected chi connectivity index (χ4v) is 1.11. The summed E-state index contributed by atoms with van der Waals surface area (Å²) in [5, 5.41) is 4.29. The molecule has 7 heteroatoms. The molecular formula is C7H16ClN5O. The van der Waals surface area contributed by atoms with Crippen LogP contribution in [0.3, 0.4) is 0 Å². The predicted molar refractivity (Wildman–Crippen MR) is 57.1 cm³/mol. The van der Waals surface area contributed by atoms with Crippen LogP contribution in [-0.2, 0) is 4.79 Å². The molecule has 0 spiro atoms. The number of rotatable bonds is 2. The molecule has 4 N–H and O–H groups in total. The number of hydrazine groups is 1. The Labute approximate surface area is 89.3 Å². The summed E-state index contributed by atoms with van der Waals surface area (Å²) in [5.41, 5.74) is 8.15. The molecule has 6 nitrogen and oxygen atoms in total. The molecule has 1 atom stereocenters. The largest absolute Gasteiger partial charge is 0.370 e. The lowest BCUT2D eigenvalue weighted by molar-refractivity contribution is -0.136. The van der Waals surface area contributed by atoms with Crippen molar-refractivity contribution in [1.29, 1.82) is 0 Å². The maximum absolute atomic E-state index is 11.5. The number of nitrogens with two attached hydrogens (primary N) is 1. The van der Waals surface area contributed by atoms with Crippen LogP contribution in [0.4, 0.5) is 0 Å². The zero-order valence-corrected chi connectivity index (χ0v) is 9.10. The van der Waals surface area contributed by atoms with Crippen molar-refractivity contribution in [1.82, 2.24) is 15.8 Å². The van der Waals surface area contributed by atoms with Gasteiger partial charge < -0.3 is 11.1 Å². The summed E-state index contributed by atoms with van der Waals surface area (Å²) in [7, 11) is 3.38. The standard InChI is InChI=1S/C7H15N5O.ClH/c1-9-12(2)6(13)5-3-10-7(8)11-4-5;/h5,9H,3-4H2,1-2H3,(H3,8,10,11);1H. The van der Waals surface area contributed by atoms with E-state index in [1.807, 2.05) is 0 Å². The molecule has 0 aliphatic carbocycles. The number of aliphatic imine (C=N–C) groups is 1. The van der Waals surface area contributed by atoms with Crippen LogP contribution in [0.1, 0.15) is 0 Å². The lowest BCUT2D eigenvalue weighted by atomic mass is 10.1. The molecule has 1 rings (SSSR count). The van der Waals surface area contributed by atoms with Crippen molar-refractivity contribution in [2.45, 2.75) is 0 Å². The summed E-state index contributed by atoms with van der Waals surface area (Å²) in [4.78, 5) is 15.5. The van der Waals surface area contributed by atoms with E-state index < -0.39 is 0 Å². The molecule has 1 aliphatic heterocycles. The van der Waals surface area contributed by atoms with Crippen molar-refractivity contribution in [3.05, 3.63) is 0 Å². The molecule has 1 aliphatic rings. The maximum atomic E-state index is 11.5. The smallest absolute Gasteiger partial charge is 0.243 e. The SMILES string of the molecule is CNN(C)C(=O)C1CN=C(N)NC1.Cl. The molecule has 0 aromatic heterocycles. The Morgan fingerprint density at radius 3 is 2.86 bits per heavy atom. The first kappa shape index (κ1) is 13.0. The van der Waals surface area contributed by atoms with Crippen molar-refractivity contribution in [3.8, 4) is 0 Å². The maximum Gasteiger partial charge on any atom is 0.243 e. The Kier molecular flexibility index (Phi) is 5.26. The Balaban J connectivity index is 0.00000169. The molecule has 0 aromatic rings. The second-order valence-electron chi connectivity index (χ2n) is 2.92. The lowest BCUT2D eigenvalue weighted by Crippen LogP contribution is -2.49. The van der Waals surface area contributed by atoms with E-state index >= 15 is 0 Å². The summed E-state index contributed by atoms with van der Waals surface area (Å²) in [5.74, 6) is 0.312. The molecule has 0 aromatic carbocycles. The van der Waals surface area contributed by atoms with Crippen molar-refractivity contribution in [2.75, 3.05) is 27.2 Å². The van der Waals surface area contributed by atoms with Gasteiger partial charge in [-0.1, -0.05) is 0 Å². The van der Waals surface area contributed by atoms with Gasteiger partial charge in [-0.15, -0.1) is 12.4 Å². The quantitative estimate of drug-likeness (QED) is 0.498. The van der Waals surface area contributed by atoms with E-state index in [4.69, 9.17) is 5.73 Å². The number of amides is 1. The van der Waals surface area contributed by atoms with Gasteiger partial charge in [-0.2, -0.15) is 0 Å². The highest BCUT2D eigenvalue weighted by molar-refractivity contribution is 5.85. The van der Waals surface area contributed by atoms with E-state index in [2.05, 4.69) is 15.7 Å². The molecule has 82 valence electrons. The third-order valence-electron chi connectivity index (χ3n) is 2.03. The normalized spacial score (nSPS) is 20.1. The summed E-state index contributed by atoms with van der Waals surface area (Å²) in [6.45, 7) is 1.02. The fourth-order valence-electron chi connectivity index (χ4n) is 1.11. The van der Waals surface area contributed by atoms with E-state index in [9.17, 15) is 4.79 Å². The number of carbonyl (C=O) groups excluding carboxylic acids is 1. The van der Waals surface area contributed by atoms with Crippen LogP contribution in [-0.4, -0.2) is 44.1 Å². The Bertz CT molecular complexity index is 232. The number of hydrogen-bond donors (Lipinski definition) is 3. The number of guanidine groups is 1. The average molecular weight is 222 g/mol. The van der Waals surface area contributed by atoms with Crippen LogP contribution >= 0.6 is 12.4 Å². The molecule has 0 fully saturated rings. The average Bonchev–Trinajstić information content (AvgIpc) is 2.17. The highest BCUT2D eigenvalue weighted by atomic mass is 35.5. The van der Waals surface area contributed by atoms with Gasteiger partial charge in [-0.05, 0) is 0 Å². The number of hydrogen-bond acceptors (Lipinski definition) is 5. The van der Waals surface area contributed by atoms with Gasteiger partial charge in [0.2, 0.25) is 5.91 Å². The molecule has 1 amide bonds. The van der Waals surface area contributed by atoms with Crippen LogP contribution in [0.15, 0.2) is 4.99 Å². The van der Waals surface area contributed by atoms with Crippen molar-refractivity contribution in [2.24, 2.45) is 16.6 Å². The van der Waals surface area contributed by atoms with Crippen molar-refractivity contribution < 1.29 is 4.79 Å². The summed E-state index contributed by atoms with van der Waals surface area (Å²) in [6, 6.07) is 0. The highest BCUT2D eigenvalue weighted by Gasteiger charge is 2.23. The molecule has 0 radical (unpaired) electrons. The fraction of sp³-hybridized carbons (Fsp3) is 0.714. The topological polar surface area (TPSA) is 82.8 Å². The van der Waals surface area contributed by atoms with Crippen LogP contribution in [0.25, 0.3) is 0 Å². The minimum absolute atomic E-state index is 0. The third kappa shape index (κ3) is 3.04. The van der Waals surface area contributed by atoms with Crippen LogP contribution in [0.2, 0.25) is 0 Å². The van der Waals surface area contributed by atoms with Gasteiger partial charge in [0, 0.05) is 20.6 Å². The van der Waals surface area contributed by atoms with Crippen LogP contribution < -0.4 is 16.5 Å². The first-order chi connectivity index (χ1) is 6.15. The molecule has 14 heavy (non-hydrogen) atoms. The predicted octanol–water partition coefficient (Wildman–Crippen LogP) is -1.46. The van der Waals surface area contributed by atoms with Gasteiger partial charge >= 0.3 is 0 Å². The van der Waals surface area contributed by atoms with E-state index in [-0.39, 0.29) is 24.2 Å². The second kappa shape index (κ2) is 5.66. The van der Waals surface area contributed by atoms with Crippen LogP contribution in [0.5, 0.6) is 0 Å². The van der Waals surface area contributed by atoms with Gasteiger partial charge in [0.15, 0.2) is 5.96 Å². The summed E-state index contributed by atoms with van der Waals surface area (Å²) in [6.07, 6.45) is 0. The monoisotopic (exact) mass is 221 g/mol. The van der Waals surface area contributed by atoms with Crippen molar-refractivity contribution in [3.63, 3.8) is 0 Å². The first-order valence-corrected chi connectivity index (χ1v) is 4.14. The zero-order valence-electron chi connectivity index (χ0n) is 8.28. The molecule has 1 heterocycles. The van der Waals surface area contributed by atoms with Gasteiger partial charge in [0.1, 0.15) is 0 Å². The third-order valence-corrected chi connectivity index (χ3v) is 2.03. The molecule has 0 bridgehead atoms.